The van der Waals surface area contributed by atoms with Gasteiger partial charge in [0.1, 0.15) is 0 Å². The minimum atomic E-state index is -0.394. The number of nitrogens with zero attached hydrogens (tertiary/aromatic N) is 1. The third kappa shape index (κ3) is 3.06. The highest BCUT2D eigenvalue weighted by molar-refractivity contribution is 7.80. The van der Waals surface area contributed by atoms with E-state index >= 15 is 0 Å². The largest absolute Gasteiger partial charge is 0.465 e. The molecule has 2 aromatic carbocycles. The lowest BCUT2D eigenvalue weighted by atomic mass is 10.2. The molecule has 1 N–H and O–H groups in total. The van der Waals surface area contributed by atoms with Gasteiger partial charge in [-0.05, 0) is 42.5 Å². The van der Waals surface area contributed by atoms with Crippen molar-refractivity contribution in [2.75, 3.05) is 12.4 Å². The van der Waals surface area contributed by atoms with Gasteiger partial charge in [0.15, 0.2) is 5.11 Å². The van der Waals surface area contributed by atoms with Crippen molar-refractivity contribution in [2.24, 2.45) is 0 Å². The highest BCUT2D eigenvalue weighted by Crippen LogP contribution is 2.23. The van der Waals surface area contributed by atoms with E-state index in [1.54, 1.807) is 22.9 Å². The van der Waals surface area contributed by atoms with Crippen LogP contribution in [0.15, 0.2) is 54.7 Å². The van der Waals surface area contributed by atoms with E-state index in [9.17, 15) is 4.79 Å². The molecule has 0 saturated carbocycles. The molecule has 0 saturated heterocycles. The van der Waals surface area contributed by atoms with E-state index in [2.05, 4.69) is 5.32 Å². The maximum atomic E-state index is 11.9. The number of carbonyl (C=O) groups excluding carboxylic acids is 1. The Morgan fingerprint density at radius 1 is 1.17 bits per heavy atom. The van der Waals surface area contributed by atoms with Gasteiger partial charge >= 0.3 is 5.97 Å². The Balaban J connectivity index is 2.00. The third-order valence-electron chi connectivity index (χ3n) is 3.43. The van der Waals surface area contributed by atoms with Crippen molar-refractivity contribution < 1.29 is 9.53 Å². The molecule has 0 radical (unpaired) electrons. The molecule has 23 heavy (non-hydrogen) atoms. The van der Waals surface area contributed by atoms with Crippen LogP contribution >= 0.6 is 23.8 Å². The summed E-state index contributed by atoms with van der Waals surface area (Å²) < 4.78 is 6.59. The summed E-state index contributed by atoms with van der Waals surface area (Å²) in [6.07, 6.45) is 1.68. The SMILES string of the molecule is COC(=O)c1cn(C(=S)Nc2ccc(Cl)cc2)c2ccccc12. The zero-order valence-corrected chi connectivity index (χ0v) is 13.8. The lowest BCUT2D eigenvalue weighted by Gasteiger charge is -2.10. The van der Waals surface area contributed by atoms with Crippen molar-refractivity contribution in [1.29, 1.82) is 0 Å². The van der Waals surface area contributed by atoms with Crippen LogP contribution in [0.4, 0.5) is 5.69 Å². The number of anilines is 1. The van der Waals surface area contributed by atoms with E-state index in [1.807, 2.05) is 36.4 Å². The van der Waals surface area contributed by atoms with E-state index in [0.29, 0.717) is 15.7 Å². The minimum Gasteiger partial charge on any atom is -0.465 e. The van der Waals surface area contributed by atoms with Crippen molar-refractivity contribution >= 4 is 51.5 Å². The number of esters is 1. The second-order valence-corrected chi connectivity index (χ2v) is 5.68. The maximum Gasteiger partial charge on any atom is 0.340 e. The Kier molecular flexibility index (Phi) is 4.32. The summed E-state index contributed by atoms with van der Waals surface area (Å²) in [5.41, 5.74) is 2.12. The number of methoxy groups -OCH3 is 1. The molecule has 0 spiro atoms. The van der Waals surface area contributed by atoms with Crippen LogP contribution in [0.5, 0.6) is 0 Å². The zero-order valence-electron chi connectivity index (χ0n) is 12.2. The topological polar surface area (TPSA) is 43.3 Å². The van der Waals surface area contributed by atoms with Crippen molar-refractivity contribution in [3.8, 4) is 0 Å². The molecular formula is C17H13ClN2O2S. The van der Waals surface area contributed by atoms with E-state index in [4.69, 9.17) is 28.6 Å². The number of para-hydroxylation sites is 1. The molecule has 0 aliphatic rings. The first-order valence-corrected chi connectivity index (χ1v) is 7.64. The van der Waals surface area contributed by atoms with Crippen LogP contribution in [0, 0.1) is 0 Å². The van der Waals surface area contributed by atoms with E-state index in [0.717, 1.165) is 16.6 Å². The Hall–Kier alpha value is -2.37. The van der Waals surface area contributed by atoms with Crippen LogP contribution in [0.2, 0.25) is 5.02 Å². The van der Waals surface area contributed by atoms with Gasteiger partial charge in [0, 0.05) is 22.3 Å². The maximum absolute atomic E-state index is 11.9. The number of nitrogens with one attached hydrogen (secondary N) is 1. The average molecular weight is 345 g/mol. The van der Waals surface area contributed by atoms with Gasteiger partial charge in [-0.15, -0.1) is 0 Å². The first-order chi connectivity index (χ1) is 11.1. The number of carbonyl (C=O) groups is 1. The first-order valence-electron chi connectivity index (χ1n) is 6.85. The predicted octanol–water partition coefficient (Wildman–Crippen LogP) is 4.33. The lowest BCUT2D eigenvalue weighted by molar-refractivity contribution is 0.0603. The van der Waals surface area contributed by atoms with Crippen molar-refractivity contribution in [1.82, 2.24) is 4.57 Å². The fourth-order valence-corrected chi connectivity index (χ4v) is 2.73. The second kappa shape index (κ2) is 6.40. The Morgan fingerprint density at radius 3 is 2.57 bits per heavy atom. The summed E-state index contributed by atoms with van der Waals surface area (Å²) in [6, 6.07) is 14.8. The third-order valence-corrected chi connectivity index (χ3v) is 3.98. The van der Waals surface area contributed by atoms with Gasteiger partial charge in [-0.2, -0.15) is 0 Å². The van der Waals surface area contributed by atoms with Gasteiger partial charge in [0.2, 0.25) is 0 Å². The minimum absolute atomic E-state index is 0.394. The number of hydrogen-bond acceptors (Lipinski definition) is 3. The predicted molar refractivity (Wildman–Crippen MR) is 96.3 cm³/mol. The molecule has 0 aliphatic carbocycles. The Morgan fingerprint density at radius 2 is 1.87 bits per heavy atom. The molecule has 4 nitrogen and oxygen atoms in total. The van der Waals surface area contributed by atoms with Crippen LogP contribution in [0.1, 0.15) is 10.4 Å². The summed E-state index contributed by atoms with van der Waals surface area (Å²) in [6.45, 7) is 0. The molecule has 0 atom stereocenters. The Bertz CT molecular complexity index is 887. The Labute approximate surface area is 143 Å². The molecule has 116 valence electrons. The second-order valence-electron chi connectivity index (χ2n) is 4.86. The van der Waals surface area contributed by atoms with E-state index in [1.165, 1.54) is 7.11 Å². The standard InChI is InChI=1S/C17H13ClN2O2S/c1-22-16(21)14-10-20(15-5-3-2-4-13(14)15)17(23)19-12-8-6-11(18)7-9-12/h2-10H,1H3,(H,19,23). The molecule has 1 heterocycles. The van der Waals surface area contributed by atoms with Crippen LogP contribution in [0.25, 0.3) is 10.9 Å². The molecular weight excluding hydrogens is 332 g/mol. The highest BCUT2D eigenvalue weighted by Gasteiger charge is 2.17. The summed E-state index contributed by atoms with van der Waals surface area (Å²) in [4.78, 5) is 11.9. The molecule has 0 bridgehead atoms. The highest BCUT2D eigenvalue weighted by atomic mass is 35.5. The number of rotatable bonds is 2. The normalized spacial score (nSPS) is 10.5. The summed E-state index contributed by atoms with van der Waals surface area (Å²) >= 11 is 11.3. The molecule has 0 fully saturated rings. The molecule has 1 aromatic heterocycles. The number of aromatic nitrogens is 1. The lowest BCUT2D eigenvalue weighted by Crippen LogP contribution is -2.18. The van der Waals surface area contributed by atoms with Gasteiger partial charge in [0.05, 0.1) is 18.2 Å². The van der Waals surface area contributed by atoms with Crippen LogP contribution < -0.4 is 5.32 Å². The smallest absolute Gasteiger partial charge is 0.340 e. The number of fused-ring (bicyclic) bond motifs is 1. The van der Waals surface area contributed by atoms with E-state index in [-0.39, 0.29) is 0 Å². The molecule has 0 unspecified atom stereocenters. The van der Waals surface area contributed by atoms with Crippen LogP contribution in [0.3, 0.4) is 0 Å². The van der Waals surface area contributed by atoms with Gasteiger partial charge in [0.25, 0.3) is 0 Å². The number of thiocarbonyl (C=S) groups is 1. The monoisotopic (exact) mass is 344 g/mol. The van der Waals surface area contributed by atoms with Gasteiger partial charge < -0.3 is 10.1 Å². The van der Waals surface area contributed by atoms with Crippen LogP contribution in [-0.4, -0.2) is 22.8 Å². The fourth-order valence-electron chi connectivity index (χ4n) is 2.34. The van der Waals surface area contributed by atoms with Crippen molar-refractivity contribution in [3.63, 3.8) is 0 Å². The molecule has 0 amide bonds. The molecule has 3 aromatic rings. The summed E-state index contributed by atoms with van der Waals surface area (Å²) in [5.74, 6) is -0.394. The average Bonchev–Trinajstić information content (AvgIpc) is 2.96. The van der Waals surface area contributed by atoms with Gasteiger partial charge in [-0.1, -0.05) is 29.8 Å². The molecule has 3 rings (SSSR count). The van der Waals surface area contributed by atoms with Crippen LogP contribution in [-0.2, 0) is 4.74 Å². The number of halogens is 1. The number of ether oxygens (including phenoxy) is 1. The van der Waals surface area contributed by atoms with Gasteiger partial charge in [-0.25, -0.2) is 4.79 Å². The fraction of sp³-hybridized carbons (Fsp3) is 0.0588. The van der Waals surface area contributed by atoms with Gasteiger partial charge in [-0.3, -0.25) is 4.57 Å². The van der Waals surface area contributed by atoms with Crippen molar-refractivity contribution in [2.45, 2.75) is 0 Å². The quantitative estimate of drug-likeness (QED) is 0.555. The zero-order chi connectivity index (χ0) is 16.4. The number of hydrogen-bond donors (Lipinski definition) is 1. The summed E-state index contributed by atoms with van der Waals surface area (Å²) in [5, 5.41) is 5.03. The summed E-state index contributed by atoms with van der Waals surface area (Å²) in [7, 11) is 1.36. The first kappa shape index (κ1) is 15.5. The van der Waals surface area contributed by atoms with Crippen molar-refractivity contribution in [3.05, 3.63) is 65.3 Å². The number of benzene rings is 2. The molecule has 0 aliphatic heterocycles. The molecule has 6 heteroatoms. The van der Waals surface area contributed by atoms with E-state index < -0.39 is 5.97 Å².